The number of nitrogens with zero attached hydrogens (tertiary/aromatic N) is 4. The van der Waals surface area contributed by atoms with Crippen LogP contribution in [0.4, 0.5) is 31.8 Å². The molecule has 0 atom stereocenters. The lowest BCUT2D eigenvalue weighted by Crippen LogP contribution is -2.34. The Morgan fingerprint density at radius 3 is 1.40 bits per heavy atom. The Morgan fingerprint density at radius 1 is 0.585 bits per heavy atom. The third-order valence-corrected chi connectivity index (χ3v) is 6.35. The minimum atomic E-state index is -0.536. The van der Waals surface area contributed by atoms with Crippen LogP contribution < -0.4 is 15.5 Å². The predicted molar refractivity (Wildman–Crippen MR) is 205 cm³/mol. The van der Waals surface area contributed by atoms with Crippen molar-refractivity contribution in [3.05, 3.63) is 35.0 Å². The first-order valence-corrected chi connectivity index (χ1v) is 17.5. The van der Waals surface area contributed by atoms with E-state index < -0.39 is 35.1 Å². The summed E-state index contributed by atoms with van der Waals surface area (Å²) in [5, 5.41) is 16.6. The molecule has 3 aromatic heterocycles. The smallest absolute Gasteiger partial charge is 0.415 e. The number of carbonyl (C=O) groups is 3. The van der Waals surface area contributed by atoms with Crippen molar-refractivity contribution in [2.45, 2.75) is 165 Å². The third-order valence-electron chi connectivity index (χ3n) is 6.35. The molecule has 53 heavy (non-hydrogen) atoms. The van der Waals surface area contributed by atoms with Gasteiger partial charge in [-0.15, -0.1) is 0 Å². The number of ether oxygens (including phenoxy) is 3. The van der Waals surface area contributed by atoms with Crippen molar-refractivity contribution in [3.63, 3.8) is 0 Å². The van der Waals surface area contributed by atoms with Gasteiger partial charge in [0.15, 0.2) is 17.5 Å². The first-order chi connectivity index (χ1) is 23.6. The van der Waals surface area contributed by atoms with E-state index in [4.69, 9.17) is 27.8 Å². The number of nitrogens with one attached hydrogen (secondary N) is 2. The van der Waals surface area contributed by atoms with Gasteiger partial charge >= 0.3 is 18.3 Å². The van der Waals surface area contributed by atoms with Gasteiger partial charge in [0.25, 0.3) is 0 Å². The first-order valence-electron chi connectivity index (χ1n) is 17.5. The molecule has 0 saturated heterocycles. The number of anilines is 3. The summed E-state index contributed by atoms with van der Waals surface area (Å²) in [5.41, 5.74) is -1.18. The summed E-state index contributed by atoms with van der Waals surface area (Å²) in [7, 11) is 1.61. The maximum absolute atomic E-state index is 11.8. The molecule has 15 heteroatoms. The Morgan fingerprint density at radius 2 is 1.02 bits per heavy atom. The van der Waals surface area contributed by atoms with E-state index in [1.165, 1.54) is 4.90 Å². The molecule has 0 aliphatic heterocycles. The minimum absolute atomic E-state index is 0.138. The maximum atomic E-state index is 11.8. The lowest BCUT2D eigenvalue weighted by atomic mass is 9.91. The van der Waals surface area contributed by atoms with E-state index in [1.807, 2.05) is 111 Å². The van der Waals surface area contributed by atoms with Crippen molar-refractivity contribution in [1.29, 1.82) is 0 Å². The Bertz CT molecular complexity index is 1640. The van der Waals surface area contributed by atoms with Crippen LogP contribution in [0.5, 0.6) is 0 Å². The van der Waals surface area contributed by atoms with Crippen LogP contribution in [0.3, 0.4) is 0 Å². The van der Waals surface area contributed by atoms with Crippen molar-refractivity contribution in [3.8, 4) is 0 Å². The molecule has 15 nitrogen and oxygen atoms in total. The molecule has 0 spiro atoms. The van der Waals surface area contributed by atoms with Gasteiger partial charge in [0.05, 0.1) is 0 Å². The topological polar surface area (TPSA) is 184 Å². The van der Waals surface area contributed by atoms with E-state index in [1.54, 1.807) is 40.0 Å². The SMILES string of the molecule is CC(C)(C)OC(=O)Nc1cc(C(C)(C)C)on1.CN(C(=O)OC(C)(C)C)c1cc(C(C)(C)C)on1.Cc1c(NC(=O)OC(C)(C)C)noc1C(C)(C)C. The standard InChI is InChI=1S/2C13H22N2O3.C12H20N2O3/c1-12(2,3)9-8-10(14-18-9)15(7)11(16)17-13(4,5)6;1-8-9(12(2,3)4)18-15-10(8)14-11(16)17-13(5,6)7;1-11(2,3)8-7-9(14-17-8)13-10(15)16-12(4,5)6/h8H,1-7H3;1-7H3,(H,14,15,16);7H,1-6H3,(H,13,14,15). The van der Waals surface area contributed by atoms with Gasteiger partial charge in [-0.2, -0.15) is 0 Å². The number of hydrogen-bond acceptors (Lipinski definition) is 12. The van der Waals surface area contributed by atoms with Crippen molar-refractivity contribution < 1.29 is 42.2 Å². The molecule has 0 fully saturated rings. The molecule has 3 amide bonds. The van der Waals surface area contributed by atoms with Crippen LogP contribution in [0.2, 0.25) is 0 Å². The first kappa shape index (κ1) is 46.5. The molecular formula is C38H64N6O9. The molecule has 0 aliphatic carbocycles. The van der Waals surface area contributed by atoms with E-state index in [0.29, 0.717) is 23.2 Å². The van der Waals surface area contributed by atoms with Gasteiger partial charge in [-0.05, 0) is 69.2 Å². The zero-order valence-electron chi connectivity index (χ0n) is 35.6. The summed E-state index contributed by atoms with van der Waals surface area (Å²) in [5.74, 6) is 3.43. The van der Waals surface area contributed by atoms with Gasteiger partial charge in [0.1, 0.15) is 34.1 Å². The molecule has 0 saturated carbocycles. The largest absolute Gasteiger partial charge is 0.444 e. The van der Waals surface area contributed by atoms with Crippen LogP contribution in [0, 0.1) is 6.92 Å². The summed E-state index contributed by atoms with van der Waals surface area (Å²) in [6.45, 7) is 36.3. The molecule has 300 valence electrons. The molecule has 3 heterocycles. The van der Waals surface area contributed by atoms with Crippen molar-refractivity contribution in [2.75, 3.05) is 22.6 Å². The number of amides is 3. The van der Waals surface area contributed by atoms with Crippen molar-refractivity contribution in [1.82, 2.24) is 15.5 Å². The Balaban J connectivity index is 0.000000398. The van der Waals surface area contributed by atoms with Crippen LogP contribution >= 0.6 is 0 Å². The van der Waals surface area contributed by atoms with E-state index in [-0.39, 0.29) is 16.2 Å². The highest BCUT2D eigenvalue weighted by atomic mass is 16.6. The second-order valence-electron chi connectivity index (χ2n) is 18.7. The van der Waals surface area contributed by atoms with Crippen molar-refractivity contribution >= 4 is 35.7 Å². The van der Waals surface area contributed by atoms with E-state index in [2.05, 4.69) is 26.1 Å². The molecule has 0 aliphatic rings. The maximum Gasteiger partial charge on any atom is 0.415 e. The fourth-order valence-electron chi connectivity index (χ4n) is 3.85. The van der Waals surface area contributed by atoms with E-state index >= 15 is 0 Å². The highest BCUT2D eigenvalue weighted by Crippen LogP contribution is 2.30. The number of hydrogen-bond donors (Lipinski definition) is 2. The van der Waals surface area contributed by atoms with Crippen LogP contribution in [0.1, 0.15) is 147 Å². The Hall–Kier alpha value is -4.56. The summed E-state index contributed by atoms with van der Waals surface area (Å²) in [4.78, 5) is 36.3. The summed E-state index contributed by atoms with van der Waals surface area (Å²) in [6.07, 6.45) is -1.51. The second kappa shape index (κ2) is 17.1. The number of rotatable bonds is 3. The molecule has 0 radical (unpaired) electrons. The van der Waals surface area contributed by atoms with Gasteiger partial charge in [-0.1, -0.05) is 77.8 Å². The van der Waals surface area contributed by atoms with E-state index in [0.717, 1.165) is 17.1 Å². The zero-order valence-corrected chi connectivity index (χ0v) is 35.6. The van der Waals surface area contributed by atoms with Gasteiger partial charge in [-0.3, -0.25) is 15.5 Å². The molecule has 0 aromatic carbocycles. The summed E-state index contributed by atoms with van der Waals surface area (Å²) in [6, 6.07) is 3.45. The van der Waals surface area contributed by atoms with Crippen LogP contribution in [0.25, 0.3) is 0 Å². The summed E-state index contributed by atoms with van der Waals surface area (Å²) >= 11 is 0. The van der Waals surface area contributed by atoms with Crippen molar-refractivity contribution in [2.24, 2.45) is 0 Å². The fourth-order valence-corrected chi connectivity index (χ4v) is 3.85. The van der Waals surface area contributed by atoms with Gasteiger partial charge < -0.3 is 27.8 Å². The molecule has 3 rings (SSSR count). The van der Waals surface area contributed by atoms with Crippen LogP contribution in [-0.2, 0) is 30.5 Å². The lowest BCUT2D eigenvalue weighted by molar-refractivity contribution is 0.0583. The van der Waals surface area contributed by atoms with Gasteiger partial charge in [0, 0.05) is 41.0 Å². The highest BCUT2D eigenvalue weighted by Gasteiger charge is 2.28. The predicted octanol–water partition coefficient (Wildman–Crippen LogP) is 10.3. The van der Waals surface area contributed by atoms with E-state index in [9.17, 15) is 14.4 Å². The molecule has 3 aromatic rings. The minimum Gasteiger partial charge on any atom is -0.444 e. The number of aromatic nitrogens is 3. The monoisotopic (exact) mass is 748 g/mol. The molecule has 0 bridgehead atoms. The Labute approximate surface area is 315 Å². The highest BCUT2D eigenvalue weighted by molar-refractivity contribution is 5.86. The second-order valence-corrected chi connectivity index (χ2v) is 18.7. The van der Waals surface area contributed by atoms with Crippen LogP contribution in [0.15, 0.2) is 25.7 Å². The molecule has 0 unspecified atom stereocenters. The third kappa shape index (κ3) is 17.2. The van der Waals surface area contributed by atoms with Gasteiger partial charge in [-0.25, -0.2) is 14.4 Å². The average molecular weight is 749 g/mol. The zero-order chi connectivity index (χ0) is 41.5. The number of carbonyl (C=O) groups excluding carboxylic acids is 3. The molecule has 2 N–H and O–H groups in total. The van der Waals surface area contributed by atoms with Gasteiger partial charge in [0.2, 0.25) is 0 Å². The lowest BCUT2D eigenvalue weighted by Gasteiger charge is -2.23. The van der Waals surface area contributed by atoms with Crippen LogP contribution in [-0.4, -0.2) is 57.6 Å². The quantitative estimate of drug-likeness (QED) is 0.242. The fraction of sp³-hybridized carbons (Fsp3) is 0.684. The normalized spacial score (nSPS) is 12.4. The summed E-state index contributed by atoms with van der Waals surface area (Å²) < 4.78 is 31.2. The Kier molecular flexibility index (Phi) is 15.0. The average Bonchev–Trinajstić information content (AvgIpc) is 3.66. The molecular weight excluding hydrogens is 684 g/mol.